The summed E-state index contributed by atoms with van der Waals surface area (Å²) in [6, 6.07) is 9.33. The molecule has 0 atom stereocenters. The van der Waals surface area contributed by atoms with E-state index in [1.807, 2.05) is 13.0 Å². The molecule has 5 heteroatoms. The highest BCUT2D eigenvalue weighted by Gasteiger charge is 2.35. The Morgan fingerprint density at radius 1 is 1.12 bits per heavy atom. The average molecular weight is 375 g/mol. The summed E-state index contributed by atoms with van der Waals surface area (Å²) in [7, 11) is 0. The van der Waals surface area contributed by atoms with Gasteiger partial charge in [-0.1, -0.05) is 30.4 Å². The van der Waals surface area contributed by atoms with E-state index in [9.17, 15) is 13.2 Å². The molecule has 0 aliphatic carbocycles. The highest BCUT2D eigenvalue weighted by molar-refractivity contribution is 7.17. The number of aryl methyl sites for hydroxylation is 3. The maximum absolute atomic E-state index is 13.2. The normalized spacial score (nSPS) is 11.9. The molecule has 1 aromatic carbocycles. The zero-order chi connectivity index (χ0) is 18.9. The highest BCUT2D eigenvalue weighted by atomic mass is 32.1. The number of fused-ring (bicyclic) bond motifs is 1. The summed E-state index contributed by atoms with van der Waals surface area (Å²) in [5.74, 6) is 0. The minimum atomic E-state index is -4.42. The lowest BCUT2D eigenvalue weighted by atomic mass is 10.0. The Hall–Kier alpha value is -2.14. The molecular formula is C21H20F3NS. The monoisotopic (exact) mass is 375 g/mol. The first-order valence-electron chi connectivity index (χ1n) is 8.41. The number of nitrogens with zero attached hydrogens (tertiary/aromatic N) is 1. The molecule has 3 rings (SSSR count). The minimum absolute atomic E-state index is 0.248. The van der Waals surface area contributed by atoms with Crippen molar-refractivity contribution < 1.29 is 13.2 Å². The molecular weight excluding hydrogens is 355 g/mol. The van der Waals surface area contributed by atoms with E-state index in [0.717, 1.165) is 22.3 Å². The van der Waals surface area contributed by atoms with Gasteiger partial charge in [-0.3, -0.25) is 0 Å². The summed E-state index contributed by atoms with van der Waals surface area (Å²) in [5.41, 5.74) is 3.27. The van der Waals surface area contributed by atoms with Crippen molar-refractivity contribution >= 4 is 21.4 Å². The number of pyridine rings is 1. The van der Waals surface area contributed by atoms with Crippen LogP contribution in [0.3, 0.4) is 0 Å². The fraction of sp³-hybridized carbons (Fsp3) is 0.286. The van der Waals surface area contributed by atoms with Crippen molar-refractivity contribution in [3.05, 3.63) is 75.9 Å². The fourth-order valence-electron chi connectivity index (χ4n) is 3.06. The van der Waals surface area contributed by atoms with E-state index in [2.05, 4.69) is 29.1 Å². The van der Waals surface area contributed by atoms with Crippen LogP contribution in [-0.4, -0.2) is 4.98 Å². The molecule has 0 spiro atoms. The average Bonchev–Trinajstić information content (AvgIpc) is 2.94. The van der Waals surface area contributed by atoms with Crippen LogP contribution in [0.2, 0.25) is 0 Å². The third kappa shape index (κ3) is 4.15. The highest BCUT2D eigenvalue weighted by Crippen LogP contribution is 2.32. The molecule has 0 N–H and O–H groups in total. The molecule has 0 bridgehead atoms. The van der Waals surface area contributed by atoms with Crippen LogP contribution in [0.4, 0.5) is 13.2 Å². The van der Waals surface area contributed by atoms with E-state index in [0.29, 0.717) is 18.5 Å². The number of alkyl halides is 3. The third-order valence-corrected chi connectivity index (χ3v) is 5.28. The Morgan fingerprint density at radius 3 is 2.58 bits per heavy atom. The van der Waals surface area contributed by atoms with Gasteiger partial charge in [0.25, 0.3) is 0 Å². The zero-order valence-electron chi connectivity index (χ0n) is 14.8. The molecule has 2 aromatic heterocycles. The van der Waals surface area contributed by atoms with Gasteiger partial charge in [-0.2, -0.15) is 13.2 Å². The molecule has 0 unspecified atom stereocenters. The summed E-state index contributed by atoms with van der Waals surface area (Å²) in [6.07, 6.45) is -2.70. The van der Waals surface area contributed by atoms with Crippen LogP contribution in [-0.2, 0) is 25.4 Å². The third-order valence-electron chi connectivity index (χ3n) is 4.28. The second-order valence-corrected chi connectivity index (χ2v) is 7.59. The van der Waals surface area contributed by atoms with Gasteiger partial charge in [0, 0.05) is 10.4 Å². The first-order valence-corrected chi connectivity index (χ1v) is 9.29. The Morgan fingerprint density at radius 2 is 1.88 bits per heavy atom. The molecule has 0 aliphatic heterocycles. The van der Waals surface area contributed by atoms with Crippen molar-refractivity contribution in [3.8, 4) is 0 Å². The van der Waals surface area contributed by atoms with Crippen LogP contribution in [0.1, 0.15) is 35.0 Å². The van der Waals surface area contributed by atoms with Crippen molar-refractivity contribution in [1.82, 2.24) is 4.98 Å². The number of hydrogen-bond donors (Lipinski definition) is 0. The molecule has 0 amide bonds. The van der Waals surface area contributed by atoms with E-state index in [1.54, 1.807) is 30.4 Å². The number of hydrogen-bond acceptors (Lipinski definition) is 2. The molecule has 1 nitrogen and oxygen atoms in total. The van der Waals surface area contributed by atoms with E-state index < -0.39 is 11.9 Å². The lowest BCUT2D eigenvalue weighted by Gasteiger charge is -2.12. The van der Waals surface area contributed by atoms with Gasteiger partial charge >= 0.3 is 6.18 Å². The van der Waals surface area contributed by atoms with Crippen molar-refractivity contribution in [3.63, 3.8) is 0 Å². The zero-order valence-corrected chi connectivity index (χ0v) is 15.6. The van der Waals surface area contributed by atoms with Crippen molar-refractivity contribution in [2.24, 2.45) is 0 Å². The van der Waals surface area contributed by atoms with Gasteiger partial charge in [-0.15, -0.1) is 11.3 Å². The summed E-state index contributed by atoms with van der Waals surface area (Å²) in [6.45, 7) is 7.54. The molecule has 2 heterocycles. The largest absolute Gasteiger partial charge is 0.433 e. The standard InChI is InChI=1S/C21H20F3NS/c1-13(2)10-17-12-26-19-11-15(6-9-18(17)19)5-8-16-7-4-14(3)25-20(16)21(22,23)24/h4,6-7,9,11-12H,1,5,8,10H2,2-3H3. The fourth-order valence-corrected chi connectivity index (χ4v) is 4.08. The van der Waals surface area contributed by atoms with E-state index in [1.165, 1.54) is 10.9 Å². The summed E-state index contributed by atoms with van der Waals surface area (Å²) >= 11 is 1.67. The molecule has 0 fully saturated rings. The summed E-state index contributed by atoms with van der Waals surface area (Å²) < 4.78 is 40.8. The van der Waals surface area contributed by atoms with Gasteiger partial charge in [-0.25, -0.2) is 4.98 Å². The number of halogens is 3. The molecule has 0 radical (unpaired) electrons. The Labute approximate surface area is 155 Å². The smallest absolute Gasteiger partial charge is 0.248 e. The SMILES string of the molecule is C=C(C)Cc1csc2cc(CCc3ccc(C)nc3C(F)(F)F)ccc12. The summed E-state index contributed by atoms with van der Waals surface area (Å²) in [5, 5.41) is 3.34. The Bertz CT molecular complexity index is 954. The van der Waals surface area contributed by atoms with E-state index in [-0.39, 0.29) is 5.56 Å². The van der Waals surface area contributed by atoms with Gasteiger partial charge < -0.3 is 0 Å². The molecule has 0 saturated heterocycles. The van der Waals surface area contributed by atoms with Gasteiger partial charge in [0.15, 0.2) is 0 Å². The first-order chi connectivity index (χ1) is 12.2. The summed E-state index contributed by atoms with van der Waals surface area (Å²) in [4.78, 5) is 3.71. The second-order valence-electron chi connectivity index (χ2n) is 6.68. The predicted octanol–water partition coefficient (Wildman–Crippen LogP) is 6.53. The number of thiophene rings is 1. The lowest BCUT2D eigenvalue weighted by molar-refractivity contribution is -0.141. The predicted molar refractivity (Wildman–Crippen MR) is 102 cm³/mol. The van der Waals surface area contributed by atoms with Crippen LogP contribution in [0.15, 0.2) is 47.9 Å². The van der Waals surface area contributed by atoms with Crippen LogP contribution in [0.25, 0.3) is 10.1 Å². The van der Waals surface area contributed by atoms with Gasteiger partial charge in [-0.05, 0) is 72.7 Å². The molecule has 0 aliphatic rings. The van der Waals surface area contributed by atoms with Gasteiger partial charge in [0.2, 0.25) is 0 Å². The number of allylic oxidation sites excluding steroid dienone is 1. The van der Waals surface area contributed by atoms with E-state index in [4.69, 9.17) is 0 Å². The van der Waals surface area contributed by atoms with Gasteiger partial charge in [0.05, 0.1) is 0 Å². The Balaban J connectivity index is 1.81. The van der Waals surface area contributed by atoms with Crippen molar-refractivity contribution in [2.75, 3.05) is 0 Å². The van der Waals surface area contributed by atoms with Gasteiger partial charge in [0.1, 0.15) is 5.69 Å². The van der Waals surface area contributed by atoms with Crippen LogP contribution in [0.5, 0.6) is 0 Å². The number of aromatic nitrogens is 1. The van der Waals surface area contributed by atoms with Crippen LogP contribution in [0, 0.1) is 6.92 Å². The van der Waals surface area contributed by atoms with Crippen LogP contribution >= 0.6 is 11.3 Å². The first kappa shape index (κ1) is 18.6. The molecule has 3 aromatic rings. The molecule has 136 valence electrons. The second kappa shape index (κ2) is 7.23. The van der Waals surface area contributed by atoms with Crippen molar-refractivity contribution in [2.45, 2.75) is 39.3 Å². The maximum Gasteiger partial charge on any atom is 0.433 e. The van der Waals surface area contributed by atoms with Crippen LogP contribution < -0.4 is 0 Å². The number of rotatable bonds is 5. The maximum atomic E-state index is 13.2. The van der Waals surface area contributed by atoms with Crippen molar-refractivity contribution in [1.29, 1.82) is 0 Å². The number of benzene rings is 1. The minimum Gasteiger partial charge on any atom is -0.248 e. The quantitative estimate of drug-likeness (QED) is 0.462. The Kier molecular flexibility index (Phi) is 5.19. The topological polar surface area (TPSA) is 12.9 Å². The molecule has 26 heavy (non-hydrogen) atoms. The van der Waals surface area contributed by atoms with E-state index >= 15 is 0 Å². The lowest BCUT2D eigenvalue weighted by Crippen LogP contribution is -2.13. The molecule has 0 saturated carbocycles.